The lowest BCUT2D eigenvalue weighted by Crippen LogP contribution is -2.07. The predicted octanol–water partition coefficient (Wildman–Crippen LogP) is 2.48. The highest BCUT2D eigenvalue weighted by Gasteiger charge is 2.09. The molecule has 1 aromatic carbocycles. The molecule has 1 rings (SSSR count). The Morgan fingerprint density at radius 3 is 2.50 bits per heavy atom. The third-order valence-corrected chi connectivity index (χ3v) is 2.47. The average molecular weight is 269 g/mol. The Labute approximate surface area is 118 Å². The highest BCUT2D eigenvalue weighted by atomic mass is 16.5. The monoisotopic (exact) mass is 269 g/mol. The van der Waals surface area contributed by atoms with Gasteiger partial charge in [0, 0.05) is 17.5 Å². The lowest BCUT2D eigenvalue weighted by atomic mass is 10.0. The van der Waals surface area contributed by atoms with Crippen LogP contribution in [-0.4, -0.2) is 18.4 Å². The number of hydrogen-bond acceptors (Lipinski definition) is 4. The Hall–Kier alpha value is -2.59. The Morgan fingerprint density at radius 2 is 1.90 bits per heavy atom. The molecule has 0 radical (unpaired) electrons. The Balaban J connectivity index is 2.56. The van der Waals surface area contributed by atoms with Crippen molar-refractivity contribution in [2.24, 2.45) is 0 Å². The second-order valence-electron chi connectivity index (χ2n) is 3.94. The molecule has 0 aromatic heterocycles. The first-order chi connectivity index (χ1) is 9.67. The first-order valence-corrected chi connectivity index (χ1v) is 6.32. The van der Waals surface area contributed by atoms with Crippen LogP contribution >= 0.6 is 0 Å². The molecule has 0 amide bonds. The van der Waals surface area contributed by atoms with Crippen molar-refractivity contribution < 1.29 is 14.3 Å². The van der Waals surface area contributed by atoms with Gasteiger partial charge in [-0.05, 0) is 19.1 Å². The van der Waals surface area contributed by atoms with Crippen molar-refractivity contribution in [2.45, 2.75) is 26.2 Å². The number of ether oxygens (including phenoxy) is 1. The van der Waals surface area contributed by atoms with Gasteiger partial charge >= 0.3 is 5.97 Å². The molecule has 4 nitrogen and oxygen atoms in total. The lowest BCUT2D eigenvalue weighted by molar-refractivity contribution is -0.143. The standard InChI is InChI=1S/C16H15NO3/c1-2-20-16(19)11-10-15(18)14-8-6-13(7-9-14)5-3-4-12-17/h6-9H,2,4,10-11H2,1H3. The van der Waals surface area contributed by atoms with E-state index in [0.29, 0.717) is 12.2 Å². The summed E-state index contributed by atoms with van der Waals surface area (Å²) in [4.78, 5) is 23.0. The van der Waals surface area contributed by atoms with Crippen molar-refractivity contribution in [1.82, 2.24) is 0 Å². The molecule has 0 heterocycles. The molecule has 0 fully saturated rings. The van der Waals surface area contributed by atoms with Crippen LogP contribution in [0.5, 0.6) is 0 Å². The van der Waals surface area contributed by atoms with Crippen molar-refractivity contribution in [2.75, 3.05) is 6.61 Å². The van der Waals surface area contributed by atoms with E-state index in [2.05, 4.69) is 11.8 Å². The minimum absolute atomic E-state index is 0.0937. The fourth-order valence-corrected chi connectivity index (χ4v) is 1.52. The van der Waals surface area contributed by atoms with Gasteiger partial charge in [-0.25, -0.2) is 0 Å². The topological polar surface area (TPSA) is 67.2 Å². The average Bonchev–Trinajstić information content (AvgIpc) is 2.46. The van der Waals surface area contributed by atoms with Gasteiger partial charge in [-0.3, -0.25) is 9.59 Å². The van der Waals surface area contributed by atoms with Crippen molar-refractivity contribution in [3.8, 4) is 17.9 Å². The molecule has 0 saturated carbocycles. The number of rotatable bonds is 5. The SMILES string of the molecule is CCOC(=O)CCC(=O)c1ccc(C#CCC#N)cc1. The summed E-state index contributed by atoms with van der Waals surface area (Å²) in [5, 5.41) is 8.37. The minimum Gasteiger partial charge on any atom is -0.466 e. The van der Waals surface area contributed by atoms with Crippen LogP contribution in [0, 0.1) is 23.2 Å². The fraction of sp³-hybridized carbons (Fsp3) is 0.312. The molecular weight excluding hydrogens is 254 g/mol. The normalized spacial score (nSPS) is 9.00. The Morgan fingerprint density at radius 1 is 1.20 bits per heavy atom. The van der Waals surface area contributed by atoms with E-state index >= 15 is 0 Å². The number of Topliss-reactive ketones (excluding diaryl/α,β-unsaturated/α-hetero) is 1. The molecular formula is C16H15NO3. The highest BCUT2D eigenvalue weighted by molar-refractivity contribution is 5.97. The van der Waals surface area contributed by atoms with Crippen LogP contribution < -0.4 is 0 Å². The largest absolute Gasteiger partial charge is 0.466 e. The molecule has 0 unspecified atom stereocenters. The molecule has 0 aliphatic rings. The van der Waals surface area contributed by atoms with Crippen LogP contribution in [0.15, 0.2) is 24.3 Å². The minimum atomic E-state index is -0.361. The summed E-state index contributed by atoms with van der Waals surface area (Å²) < 4.78 is 4.77. The van der Waals surface area contributed by atoms with Crippen molar-refractivity contribution in [3.63, 3.8) is 0 Å². The molecule has 0 bridgehead atoms. The van der Waals surface area contributed by atoms with Crippen molar-refractivity contribution >= 4 is 11.8 Å². The summed E-state index contributed by atoms with van der Waals surface area (Å²) in [7, 11) is 0. The second-order valence-corrected chi connectivity index (χ2v) is 3.94. The smallest absolute Gasteiger partial charge is 0.306 e. The zero-order valence-corrected chi connectivity index (χ0v) is 11.3. The Kier molecular flexibility index (Phi) is 6.57. The summed E-state index contributed by atoms with van der Waals surface area (Å²) in [5.74, 6) is 5.05. The molecule has 0 spiro atoms. The number of nitriles is 1. The van der Waals surface area contributed by atoms with Gasteiger partial charge in [-0.1, -0.05) is 24.0 Å². The molecule has 4 heteroatoms. The number of hydrogen-bond donors (Lipinski definition) is 0. The third-order valence-electron chi connectivity index (χ3n) is 2.47. The predicted molar refractivity (Wildman–Crippen MR) is 73.7 cm³/mol. The van der Waals surface area contributed by atoms with Gasteiger partial charge in [0.2, 0.25) is 0 Å². The van der Waals surface area contributed by atoms with Crippen molar-refractivity contribution in [1.29, 1.82) is 5.26 Å². The maximum atomic E-state index is 11.8. The van der Waals surface area contributed by atoms with E-state index in [0.717, 1.165) is 5.56 Å². The maximum absolute atomic E-state index is 11.8. The molecule has 0 N–H and O–H groups in total. The maximum Gasteiger partial charge on any atom is 0.306 e. The van der Waals surface area contributed by atoms with E-state index in [1.165, 1.54) is 0 Å². The number of ketones is 1. The van der Waals surface area contributed by atoms with E-state index in [1.54, 1.807) is 31.2 Å². The summed E-state index contributed by atoms with van der Waals surface area (Å²) in [6.45, 7) is 2.05. The quantitative estimate of drug-likeness (QED) is 0.468. The van der Waals surface area contributed by atoms with E-state index in [1.807, 2.05) is 6.07 Å². The van der Waals surface area contributed by atoms with Gasteiger partial charge < -0.3 is 4.74 Å². The molecule has 0 aliphatic carbocycles. The molecule has 0 atom stereocenters. The van der Waals surface area contributed by atoms with Gasteiger partial charge in [-0.2, -0.15) is 5.26 Å². The third kappa shape index (κ3) is 5.37. The highest BCUT2D eigenvalue weighted by Crippen LogP contribution is 2.08. The van der Waals surface area contributed by atoms with Crippen LogP contribution in [0.25, 0.3) is 0 Å². The number of esters is 1. The summed E-state index contributed by atoms with van der Waals surface area (Å²) in [6, 6.07) is 8.72. The van der Waals surface area contributed by atoms with Crippen LogP contribution in [-0.2, 0) is 9.53 Å². The van der Waals surface area contributed by atoms with E-state index in [4.69, 9.17) is 10.00 Å². The van der Waals surface area contributed by atoms with Gasteiger partial charge in [0.15, 0.2) is 5.78 Å². The zero-order valence-electron chi connectivity index (χ0n) is 11.3. The number of benzene rings is 1. The first-order valence-electron chi connectivity index (χ1n) is 6.32. The second kappa shape index (κ2) is 8.50. The van der Waals surface area contributed by atoms with Crippen LogP contribution in [0.4, 0.5) is 0 Å². The fourth-order valence-electron chi connectivity index (χ4n) is 1.52. The number of nitrogens with zero attached hydrogens (tertiary/aromatic N) is 1. The van der Waals surface area contributed by atoms with Crippen LogP contribution in [0.3, 0.4) is 0 Å². The van der Waals surface area contributed by atoms with E-state index in [-0.39, 0.29) is 31.0 Å². The molecule has 20 heavy (non-hydrogen) atoms. The van der Waals surface area contributed by atoms with Gasteiger partial charge in [0.05, 0.1) is 25.5 Å². The molecule has 0 saturated heterocycles. The van der Waals surface area contributed by atoms with Crippen molar-refractivity contribution in [3.05, 3.63) is 35.4 Å². The molecule has 102 valence electrons. The number of carbonyl (C=O) groups excluding carboxylic acids is 2. The van der Waals surface area contributed by atoms with Gasteiger partial charge in [0.1, 0.15) is 0 Å². The number of carbonyl (C=O) groups is 2. The van der Waals surface area contributed by atoms with E-state index < -0.39 is 0 Å². The summed E-state index contributed by atoms with van der Waals surface area (Å²) in [6.07, 6.45) is 0.412. The summed E-state index contributed by atoms with van der Waals surface area (Å²) in [5.41, 5.74) is 1.29. The first kappa shape index (κ1) is 15.5. The molecule has 0 aliphatic heterocycles. The van der Waals surface area contributed by atoms with E-state index in [9.17, 15) is 9.59 Å². The molecule has 1 aromatic rings. The van der Waals surface area contributed by atoms with Crippen LogP contribution in [0.1, 0.15) is 42.1 Å². The zero-order chi connectivity index (χ0) is 14.8. The summed E-state index contributed by atoms with van der Waals surface area (Å²) >= 11 is 0. The van der Waals surface area contributed by atoms with Crippen LogP contribution in [0.2, 0.25) is 0 Å². The van der Waals surface area contributed by atoms with Gasteiger partial charge in [-0.15, -0.1) is 0 Å². The Bertz CT molecular complexity index is 570. The lowest BCUT2D eigenvalue weighted by Gasteiger charge is -2.02. The van der Waals surface area contributed by atoms with Gasteiger partial charge in [0.25, 0.3) is 0 Å².